The van der Waals surface area contributed by atoms with E-state index < -0.39 is 5.97 Å². The van der Waals surface area contributed by atoms with E-state index in [-0.39, 0.29) is 0 Å². The van der Waals surface area contributed by atoms with Gasteiger partial charge in [-0.2, -0.15) is 0 Å². The third-order valence-corrected chi connectivity index (χ3v) is 2.89. The number of ether oxygens (including phenoxy) is 2. The number of benzene rings is 1. The SMILES string of the molecule is CNc1nc2cc(OC)ccc2cc1/C=C/C(=O)OC. The summed E-state index contributed by atoms with van der Waals surface area (Å²) in [5.41, 5.74) is 1.64. The second-order valence-electron chi connectivity index (χ2n) is 4.09. The van der Waals surface area contributed by atoms with Gasteiger partial charge in [0.15, 0.2) is 0 Å². The summed E-state index contributed by atoms with van der Waals surface area (Å²) in [6, 6.07) is 7.62. The second-order valence-corrected chi connectivity index (χ2v) is 4.09. The summed E-state index contributed by atoms with van der Waals surface area (Å²) in [5, 5.41) is 3.98. The minimum atomic E-state index is -0.401. The molecule has 2 rings (SSSR count). The topological polar surface area (TPSA) is 60.5 Å². The molecule has 0 aliphatic heterocycles. The standard InChI is InChI=1S/C15H16N2O3/c1-16-15-11(5-7-14(18)20-3)8-10-4-6-12(19-2)9-13(10)17-15/h4-9H,1-3H3,(H,16,17)/b7-5+. The fourth-order valence-electron chi connectivity index (χ4n) is 1.84. The highest BCUT2D eigenvalue weighted by atomic mass is 16.5. The summed E-state index contributed by atoms with van der Waals surface area (Å²) in [5.74, 6) is 1.04. The van der Waals surface area contributed by atoms with Gasteiger partial charge in [0.05, 0.1) is 19.7 Å². The number of nitrogens with one attached hydrogen (secondary N) is 1. The molecule has 1 aromatic carbocycles. The first-order valence-electron chi connectivity index (χ1n) is 6.10. The van der Waals surface area contributed by atoms with Crippen molar-refractivity contribution in [3.05, 3.63) is 35.9 Å². The summed E-state index contributed by atoms with van der Waals surface area (Å²) >= 11 is 0. The molecule has 0 radical (unpaired) electrons. The van der Waals surface area contributed by atoms with Crippen LogP contribution in [0.1, 0.15) is 5.56 Å². The number of esters is 1. The Balaban J connectivity index is 2.49. The van der Waals surface area contributed by atoms with E-state index in [1.165, 1.54) is 13.2 Å². The average Bonchev–Trinajstić information content (AvgIpc) is 2.50. The normalized spacial score (nSPS) is 10.8. The number of fused-ring (bicyclic) bond motifs is 1. The molecule has 0 bridgehead atoms. The number of nitrogens with zero attached hydrogens (tertiary/aromatic N) is 1. The molecule has 0 atom stereocenters. The molecule has 1 aromatic heterocycles. The maximum atomic E-state index is 11.2. The fraction of sp³-hybridized carbons (Fsp3) is 0.200. The summed E-state index contributed by atoms with van der Waals surface area (Å²) < 4.78 is 9.76. The predicted octanol–water partition coefficient (Wildman–Crippen LogP) is 2.47. The van der Waals surface area contributed by atoms with Gasteiger partial charge in [-0.15, -0.1) is 0 Å². The van der Waals surface area contributed by atoms with E-state index in [4.69, 9.17) is 4.74 Å². The molecule has 0 spiro atoms. The van der Waals surface area contributed by atoms with E-state index in [2.05, 4.69) is 15.0 Å². The second kappa shape index (κ2) is 6.06. The van der Waals surface area contributed by atoms with Crippen molar-refractivity contribution in [2.24, 2.45) is 0 Å². The van der Waals surface area contributed by atoms with Crippen LogP contribution < -0.4 is 10.1 Å². The van der Waals surface area contributed by atoms with Crippen molar-refractivity contribution in [2.45, 2.75) is 0 Å². The highest BCUT2D eigenvalue weighted by Gasteiger charge is 2.05. The summed E-state index contributed by atoms with van der Waals surface area (Å²) in [6.45, 7) is 0. The lowest BCUT2D eigenvalue weighted by Crippen LogP contribution is -1.98. The molecule has 1 heterocycles. The average molecular weight is 272 g/mol. The molecule has 0 saturated heterocycles. The van der Waals surface area contributed by atoms with Gasteiger partial charge >= 0.3 is 5.97 Å². The van der Waals surface area contributed by atoms with E-state index >= 15 is 0 Å². The van der Waals surface area contributed by atoms with Crippen LogP contribution in [0, 0.1) is 0 Å². The lowest BCUT2D eigenvalue weighted by Gasteiger charge is -2.08. The Morgan fingerprint density at radius 2 is 2.10 bits per heavy atom. The maximum absolute atomic E-state index is 11.2. The van der Waals surface area contributed by atoms with Crippen LogP contribution in [0.4, 0.5) is 5.82 Å². The van der Waals surface area contributed by atoms with Gasteiger partial charge in [-0.3, -0.25) is 0 Å². The number of pyridine rings is 1. The number of methoxy groups -OCH3 is 2. The van der Waals surface area contributed by atoms with Gasteiger partial charge < -0.3 is 14.8 Å². The number of aromatic nitrogens is 1. The zero-order valence-electron chi connectivity index (χ0n) is 11.6. The van der Waals surface area contributed by atoms with E-state index in [1.54, 1.807) is 20.2 Å². The van der Waals surface area contributed by atoms with Crippen LogP contribution in [0.3, 0.4) is 0 Å². The smallest absolute Gasteiger partial charge is 0.330 e. The van der Waals surface area contributed by atoms with E-state index in [9.17, 15) is 4.79 Å². The van der Waals surface area contributed by atoms with Gasteiger partial charge in [-0.05, 0) is 24.3 Å². The number of carbonyl (C=O) groups excluding carboxylic acids is 1. The molecule has 0 unspecified atom stereocenters. The van der Waals surface area contributed by atoms with E-state index in [0.717, 1.165) is 22.2 Å². The predicted molar refractivity (Wildman–Crippen MR) is 78.9 cm³/mol. The maximum Gasteiger partial charge on any atom is 0.330 e. The molecule has 0 aliphatic rings. The van der Waals surface area contributed by atoms with Gasteiger partial charge in [-0.25, -0.2) is 9.78 Å². The Morgan fingerprint density at radius 1 is 1.30 bits per heavy atom. The Bertz CT molecular complexity index is 665. The Hall–Kier alpha value is -2.56. The van der Waals surface area contributed by atoms with Crippen molar-refractivity contribution in [1.29, 1.82) is 0 Å². The molecule has 2 aromatic rings. The molecule has 0 saturated carbocycles. The highest BCUT2D eigenvalue weighted by molar-refractivity contribution is 5.91. The van der Waals surface area contributed by atoms with Crippen LogP contribution in [0.15, 0.2) is 30.3 Å². The van der Waals surface area contributed by atoms with E-state index in [1.807, 2.05) is 24.3 Å². The van der Waals surface area contributed by atoms with Crippen molar-refractivity contribution < 1.29 is 14.3 Å². The molecule has 1 N–H and O–H groups in total. The van der Waals surface area contributed by atoms with Crippen molar-refractivity contribution in [2.75, 3.05) is 26.6 Å². The van der Waals surface area contributed by atoms with Crippen LogP contribution >= 0.6 is 0 Å². The van der Waals surface area contributed by atoms with Crippen LogP contribution in [-0.4, -0.2) is 32.2 Å². The molecule has 0 aliphatic carbocycles. The number of rotatable bonds is 4. The van der Waals surface area contributed by atoms with Crippen LogP contribution in [0.25, 0.3) is 17.0 Å². The zero-order chi connectivity index (χ0) is 14.5. The fourth-order valence-corrected chi connectivity index (χ4v) is 1.84. The van der Waals surface area contributed by atoms with Crippen molar-refractivity contribution in [1.82, 2.24) is 4.98 Å². The summed E-state index contributed by atoms with van der Waals surface area (Å²) in [4.78, 5) is 15.7. The molecule has 5 heteroatoms. The van der Waals surface area contributed by atoms with Crippen molar-refractivity contribution in [3.8, 4) is 5.75 Å². The Labute approximate surface area is 117 Å². The van der Waals surface area contributed by atoms with Gasteiger partial charge in [0.1, 0.15) is 11.6 Å². The number of hydrogen-bond acceptors (Lipinski definition) is 5. The van der Waals surface area contributed by atoms with Crippen LogP contribution in [-0.2, 0) is 9.53 Å². The number of anilines is 1. The van der Waals surface area contributed by atoms with Crippen LogP contribution in [0.2, 0.25) is 0 Å². The lowest BCUT2D eigenvalue weighted by molar-refractivity contribution is -0.134. The van der Waals surface area contributed by atoms with Gasteiger partial charge in [0.2, 0.25) is 0 Å². The Morgan fingerprint density at radius 3 is 2.75 bits per heavy atom. The van der Waals surface area contributed by atoms with Crippen molar-refractivity contribution >= 4 is 28.8 Å². The minimum Gasteiger partial charge on any atom is -0.497 e. The molecular weight excluding hydrogens is 256 g/mol. The van der Waals surface area contributed by atoms with Crippen molar-refractivity contribution in [3.63, 3.8) is 0 Å². The first kappa shape index (κ1) is 13.9. The summed E-state index contributed by atoms with van der Waals surface area (Å²) in [7, 11) is 4.74. The Kier molecular flexibility index (Phi) is 4.20. The highest BCUT2D eigenvalue weighted by Crippen LogP contribution is 2.24. The van der Waals surface area contributed by atoms with Gasteiger partial charge in [0.25, 0.3) is 0 Å². The van der Waals surface area contributed by atoms with E-state index in [0.29, 0.717) is 5.82 Å². The zero-order valence-corrected chi connectivity index (χ0v) is 11.6. The largest absolute Gasteiger partial charge is 0.497 e. The van der Waals surface area contributed by atoms with Gasteiger partial charge in [0, 0.05) is 30.1 Å². The molecular formula is C15H16N2O3. The molecule has 5 nitrogen and oxygen atoms in total. The first-order chi connectivity index (χ1) is 9.67. The quantitative estimate of drug-likeness (QED) is 0.684. The summed E-state index contributed by atoms with van der Waals surface area (Å²) in [6.07, 6.45) is 3.04. The van der Waals surface area contributed by atoms with Gasteiger partial charge in [-0.1, -0.05) is 0 Å². The number of hydrogen-bond donors (Lipinski definition) is 1. The lowest BCUT2D eigenvalue weighted by atomic mass is 10.1. The minimum absolute atomic E-state index is 0.401. The monoisotopic (exact) mass is 272 g/mol. The molecule has 0 amide bonds. The molecule has 0 fully saturated rings. The first-order valence-corrected chi connectivity index (χ1v) is 6.10. The molecule has 104 valence electrons. The third-order valence-electron chi connectivity index (χ3n) is 2.89. The molecule has 20 heavy (non-hydrogen) atoms. The number of carbonyl (C=O) groups is 1. The third kappa shape index (κ3) is 2.88. The van der Waals surface area contributed by atoms with Crippen LogP contribution in [0.5, 0.6) is 5.75 Å².